The number of aromatic nitrogens is 2. The molecule has 0 unspecified atom stereocenters. The second-order valence-electron chi connectivity index (χ2n) is 7.66. The molecular weight excluding hydrogens is 374 g/mol. The molecule has 0 bridgehead atoms. The van der Waals surface area contributed by atoms with Gasteiger partial charge in [0.2, 0.25) is 0 Å². The van der Waals surface area contributed by atoms with Gasteiger partial charge < -0.3 is 10.2 Å². The molecule has 3 aromatic rings. The summed E-state index contributed by atoms with van der Waals surface area (Å²) in [4.78, 5) is 26.2. The molecule has 6 heteroatoms. The quantitative estimate of drug-likeness (QED) is 0.706. The van der Waals surface area contributed by atoms with E-state index in [0.717, 1.165) is 56.2 Å². The Bertz CT molecular complexity index is 957. The molecule has 1 fully saturated rings. The number of nitrogens with one attached hydrogen (secondary N) is 1. The van der Waals surface area contributed by atoms with Crippen molar-refractivity contribution in [1.29, 1.82) is 0 Å². The molecule has 4 rings (SSSR count). The van der Waals surface area contributed by atoms with E-state index in [1.165, 1.54) is 0 Å². The molecule has 0 spiro atoms. The molecule has 1 aliphatic rings. The highest BCUT2D eigenvalue weighted by molar-refractivity contribution is 6.04. The summed E-state index contributed by atoms with van der Waals surface area (Å²) >= 11 is 0. The van der Waals surface area contributed by atoms with Crippen LogP contribution in [0.1, 0.15) is 28.0 Å². The van der Waals surface area contributed by atoms with Gasteiger partial charge >= 0.3 is 0 Å². The van der Waals surface area contributed by atoms with Gasteiger partial charge in [-0.15, -0.1) is 0 Å². The number of carbonyl (C=O) groups is 1. The molecule has 2 aromatic heterocycles. The summed E-state index contributed by atoms with van der Waals surface area (Å²) in [6, 6.07) is 17.5. The first-order valence-corrected chi connectivity index (χ1v) is 10.4. The third-order valence-corrected chi connectivity index (χ3v) is 5.34. The predicted molar refractivity (Wildman–Crippen MR) is 120 cm³/mol. The van der Waals surface area contributed by atoms with Crippen LogP contribution in [0.25, 0.3) is 0 Å². The van der Waals surface area contributed by atoms with E-state index in [1.807, 2.05) is 61.7 Å². The lowest BCUT2D eigenvalue weighted by Crippen LogP contribution is -2.31. The van der Waals surface area contributed by atoms with E-state index in [1.54, 1.807) is 6.20 Å². The van der Waals surface area contributed by atoms with E-state index in [-0.39, 0.29) is 5.91 Å². The number of anilines is 2. The molecule has 6 nitrogen and oxygen atoms in total. The van der Waals surface area contributed by atoms with Gasteiger partial charge in [-0.3, -0.25) is 14.7 Å². The van der Waals surface area contributed by atoms with Crippen LogP contribution in [0.15, 0.2) is 67.0 Å². The Morgan fingerprint density at radius 2 is 1.83 bits per heavy atom. The Morgan fingerprint density at radius 1 is 0.967 bits per heavy atom. The summed E-state index contributed by atoms with van der Waals surface area (Å²) in [5.41, 5.74) is 3.59. The molecule has 0 atom stereocenters. The highest BCUT2D eigenvalue weighted by Crippen LogP contribution is 2.18. The summed E-state index contributed by atoms with van der Waals surface area (Å²) in [6.45, 7) is 6.81. The lowest BCUT2D eigenvalue weighted by Gasteiger charge is -2.22. The fraction of sp³-hybridized carbons (Fsp3) is 0.292. The van der Waals surface area contributed by atoms with Gasteiger partial charge in [0.15, 0.2) is 0 Å². The van der Waals surface area contributed by atoms with Crippen LogP contribution < -0.4 is 10.2 Å². The fourth-order valence-electron chi connectivity index (χ4n) is 3.63. The lowest BCUT2D eigenvalue weighted by molar-refractivity contribution is 0.102. The van der Waals surface area contributed by atoms with Crippen LogP contribution in [0.5, 0.6) is 0 Å². The highest BCUT2D eigenvalue weighted by Gasteiger charge is 2.16. The molecule has 1 aliphatic heterocycles. The third-order valence-electron chi connectivity index (χ3n) is 5.34. The molecule has 1 aromatic carbocycles. The van der Waals surface area contributed by atoms with Gasteiger partial charge in [0, 0.05) is 44.5 Å². The average molecular weight is 402 g/mol. The topological polar surface area (TPSA) is 61.4 Å². The third kappa shape index (κ3) is 5.21. The van der Waals surface area contributed by atoms with Crippen molar-refractivity contribution in [2.45, 2.75) is 19.9 Å². The van der Waals surface area contributed by atoms with Gasteiger partial charge in [0.25, 0.3) is 5.91 Å². The van der Waals surface area contributed by atoms with Crippen molar-refractivity contribution in [3.05, 3.63) is 83.8 Å². The predicted octanol–water partition coefficient (Wildman–Crippen LogP) is 3.75. The number of amides is 1. The van der Waals surface area contributed by atoms with Gasteiger partial charge in [-0.05, 0) is 49.7 Å². The molecular formula is C24H27N5O. The number of nitrogens with zero attached hydrogens (tertiary/aromatic N) is 4. The monoisotopic (exact) mass is 401 g/mol. The molecule has 1 N–H and O–H groups in total. The van der Waals surface area contributed by atoms with Crippen LogP contribution >= 0.6 is 0 Å². The maximum Gasteiger partial charge on any atom is 0.255 e. The van der Waals surface area contributed by atoms with E-state index in [0.29, 0.717) is 11.3 Å². The van der Waals surface area contributed by atoms with Crippen molar-refractivity contribution in [1.82, 2.24) is 14.9 Å². The Morgan fingerprint density at radius 3 is 2.57 bits per heavy atom. The van der Waals surface area contributed by atoms with Gasteiger partial charge in [-0.1, -0.05) is 23.8 Å². The number of rotatable bonds is 5. The van der Waals surface area contributed by atoms with E-state index in [9.17, 15) is 4.79 Å². The van der Waals surface area contributed by atoms with E-state index >= 15 is 0 Å². The van der Waals surface area contributed by atoms with Crippen LogP contribution in [0.2, 0.25) is 0 Å². The second kappa shape index (κ2) is 9.50. The highest BCUT2D eigenvalue weighted by atomic mass is 16.1. The lowest BCUT2D eigenvalue weighted by atomic mass is 10.1. The number of benzene rings is 1. The summed E-state index contributed by atoms with van der Waals surface area (Å²) in [7, 11) is 0. The van der Waals surface area contributed by atoms with Crippen molar-refractivity contribution in [3.8, 4) is 0 Å². The van der Waals surface area contributed by atoms with E-state index < -0.39 is 0 Å². The van der Waals surface area contributed by atoms with E-state index in [4.69, 9.17) is 0 Å². The Labute approximate surface area is 177 Å². The zero-order valence-electron chi connectivity index (χ0n) is 17.3. The molecule has 1 amide bonds. The van der Waals surface area contributed by atoms with Gasteiger partial charge in [0.05, 0.1) is 17.6 Å². The normalized spacial score (nSPS) is 14.9. The smallest absolute Gasteiger partial charge is 0.255 e. The number of carbonyl (C=O) groups excluding carboxylic acids is 1. The molecule has 0 radical (unpaired) electrons. The zero-order valence-corrected chi connectivity index (χ0v) is 17.3. The summed E-state index contributed by atoms with van der Waals surface area (Å²) in [6.07, 6.45) is 4.67. The molecule has 1 saturated heterocycles. The van der Waals surface area contributed by atoms with Gasteiger partial charge in [-0.25, -0.2) is 4.98 Å². The largest absolute Gasteiger partial charge is 0.355 e. The minimum Gasteiger partial charge on any atom is -0.355 e. The zero-order chi connectivity index (χ0) is 20.8. The van der Waals surface area contributed by atoms with Crippen molar-refractivity contribution < 1.29 is 4.79 Å². The molecule has 3 heterocycles. The first-order valence-electron chi connectivity index (χ1n) is 10.4. The number of pyridine rings is 2. The first-order chi connectivity index (χ1) is 14.7. The van der Waals surface area contributed by atoms with Crippen molar-refractivity contribution in [2.24, 2.45) is 0 Å². The second-order valence-corrected chi connectivity index (χ2v) is 7.66. The standard InChI is InChI=1S/C24H27N5O/c1-19-6-8-20(9-7-19)24(30)27-21-10-11-23(26-17-21)29-14-4-13-28(15-16-29)18-22-5-2-3-12-25-22/h2-3,5-12,17H,4,13-16,18H2,1H3,(H,27,30). The number of hydrogen-bond donors (Lipinski definition) is 1. The first kappa shape index (κ1) is 20.0. The van der Waals surface area contributed by atoms with Crippen molar-refractivity contribution in [3.63, 3.8) is 0 Å². The minimum absolute atomic E-state index is 0.121. The van der Waals surface area contributed by atoms with Crippen LogP contribution in [0, 0.1) is 6.92 Å². The number of aryl methyl sites for hydroxylation is 1. The Hall–Kier alpha value is -3.25. The van der Waals surface area contributed by atoms with Gasteiger partial charge in [0.1, 0.15) is 5.82 Å². The van der Waals surface area contributed by atoms with Crippen molar-refractivity contribution in [2.75, 3.05) is 36.4 Å². The Kier molecular flexibility index (Phi) is 6.35. The summed E-state index contributed by atoms with van der Waals surface area (Å²) < 4.78 is 0. The Balaban J connectivity index is 1.33. The van der Waals surface area contributed by atoms with E-state index in [2.05, 4.69) is 31.2 Å². The van der Waals surface area contributed by atoms with Crippen molar-refractivity contribution >= 4 is 17.4 Å². The maximum atomic E-state index is 12.4. The molecule has 30 heavy (non-hydrogen) atoms. The molecule has 154 valence electrons. The SMILES string of the molecule is Cc1ccc(C(=O)Nc2ccc(N3CCCN(Cc4ccccn4)CC3)nc2)cc1. The number of hydrogen-bond acceptors (Lipinski definition) is 5. The van der Waals surface area contributed by atoms with Crippen LogP contribution in [0.3, 0.4) is 0 Å². The average Bonchev–Trinajstić information content (AvgIpc) is 3.01. The fourth-order valence-corrected chi connectivity index (χ4v) is 3.63. The van der Waals surface area contributed by atoms with Crippen LogP contribution in [0.4, 0.5) is 11.5 Å². The van der Waals surface area contributed by atoms with Crippen LogP contribution in [-0.4, -0.2) is 47.0 Å². The minimum atomic E-state index is -0.121. The molecule has 0 saturated carbocycles. The van der Waals surface area contributed by atoms with Crippen LogP contribution in [-0.2, 0) is 6.54 Å². The maximum absolute atomic E-state index is 12.4. The summed E-state index contributed by atoms with van der Waals surface area (Å²) in [5, 5.41) is 2.92. The summed E-state index contributed by atoms with van der Waals surface area (Å²) in [5.74, 6) is 0.826. The van der Waals surface area contributed by atoms with Gasteiger partial charge in [-0.2, -0.15) is 0 Å². The molecule has 0 aliphatic carbocycles.